The highest BCUT2D eigenvalue weighted by atomic mass is 16.5. The molecule has 0 aliphatic carbocycles. The average molecular weight is 264 g/mol. The zero-order valence-electron chi connectivity index (χ0n) is 11.6. The molecule has 0 bridgehead atoms. The number of likely N-dealkylation sites (tertiary alicyclic amines) is 1. The Morgan fingerprint density at radius 2 is 1.95 bits per heavy atom. The number of piperidine rings is 1. The second-order valence-electron chi connectivity index (χ2n) is 5.16. The number of aliphatic hydroxyl groups is 1. The van der Waals surface area contributed by atoms with Crippen LogP contribution in [0.1, 0.15) is 31.4 Å². The number of hydrogen-bond acceptors (Lipinski definition) is 4. The van der Waals surface area contributed by atoms with Crippen molar-refractivity contribution in [1.29, 1.82) is 0 Å². The summed E-state index contributed by atoms with van der Waals surface area (Å²) < 4.78 is 5.40. The van der Waals surface area contributed by atoms with Crippen molar-refractivity contribution in [3.63, 3.8) is 0 Å². The lowest BCUT2D eigenvalue weighted by Gasteiger charge is -2.31. The van der Waals surface area contributed by atoms with Crippen molar-refractivity contribution >= 4 is 0 Å². The van der Waals surface area contributed by atoms with Gasteiger partial charge in [-0.1, -0.05) is 12.1 Å². The number of nitrogens with two attached hydrogens (primary N) is 1. The van der Waals surface area contributed by atoms with Crippen molar-refractivity contribution < 1.29 is 9.84 Å². The van der Waals surface area contributed by atoms with Gasteiger partial charge in [-0.15, -0.1) is 0 Å². The number of hydrogen-bond donors (Lipinski definition) is 2. The largest absolute Gasteiger partial charge is 0.494 e. The third-order valence-electron chi connectivity index (χ3n) is 3.64. The smallest absolute Gasteiger partial charge is 0.119 e. The van der Waals surface area contributed by atoms with Gasteiger partial charge in [0.2, 0.25) is 0 Å². The van der Waals surface area contributed by atoms with Gasteiger partial charge in [-0.25, -0.2) is 0 Å². The van der Waals surface area contributed by atoms with Gasteiger partial charge in [0.25, 0.3) is 0 Å². The zero-order valence-corrected chi connectivity index (χ0v) is 11.6. The van der Waals surface area contributed by atoms with Crippen molar-refractivity contribution in [2.45, 2.75) is 31.9 Å². The number of benzene rings is 1. The Bertz CT molecular complexity index is 372. The van der Waals surface area contributed by atoms with Crippen LogP contribution >= 0.6 is 0 Å². The molecule has 1 unspecified atom stereocenters. The summed E-state index contributed by atoms with van der Waals surface area (Å²) in [5.74, 6) is 0.849. The summed E-state index contributed by atoms with van der Waals surface area (Å²) in [4.78, 5) is 2.28. The van der Waals surface area contributed by atoms with Crippen molar-refractivity contribution in [1.82, 2.24) is 4.90 Å². The van der Waals surface area contributed by atoms with E-state index in [9.17, 15) is 5.11 Å². The van der Waals surface area contributed by atoms with Gasteiger partial charge in [-0.3, -0.25) is 0 Å². The molecule has 0 saturated carbocycles. The van der Waals surface area contributed by atoms with E-state index in [1.54, 1.807) is 0 Å². The van der Waals surface area contributed by atoms with E-state index in [4.69, 9.17) is 10.5 Å². The minimum absolute atomic E-state index is 0.332. The number of aliphatic hydroxyl groups excluding tert-OH is 1. The number of β-amino-alcohol motifs (C(OH)–C–C–N with tert-alkyl or cyclic N) is 1. The molecule has 1 atom stereocenters. The first-order chi connectivity index (χ1) is 9.19. The highest BCUT2D eigenvalue weighted by molar-refractivity contribution is 5.28. The molecule has 1 heterocycles. The maximum atomic E-state index is 10.2. The summed E-state index contributed by atoms with van der Waals surface area (Å²) in [6.45, 7) is 5.27. The molecule has 4 heteroatoms. The van der Waals surface area contributed by atoms with E-state index in [1.807, 2.05) is 31.2 Å². The lowest BCUT2D eigenvalue weighted by atomic mass is 10.0. The van der Waals surface area contributed by atoms with Crippen LogP contribution in [0.4, 0.5) is 0 Å². The summed E-state index contributed by atoms with van der Waals surface area (Å²) >= 11 is 0. The number of ether oxygens (including phenoxy) is 1. The highest BCUT2D eigenvalue weighted by Gasteiger charge is 2.19. The van der Waals surface area contributed by atoms with E-state index in [2.05, 4.69) is 4.90 Å². The Labute approximate surface area is 115 Å². The molecule has 0 amide bonds. The fourth-order valence-electron chi connectivity index (χ4n) is 2.44. The predicted molar refractivity (Wildman–Crippen MR) is 76.2 cm³/mol. The van der Waals surface area contributed by atoms with Gasteiger partial charge in [0, 0.05) is 12.6 Å². The summed E-state index contributed by atoms with van der Waals surface area (Å²) in [6.07, 6.45) is 1.61. The molecule has 0 aromatic heterocycles. The molecule has 3 N–H and O–H groups in total. The van der Waals surface area contributed by atoms with E-state index < -0.39 is 6.10 Å². The molecule has 1 aliphatic heterocycles. The van der Waals surface area contributed by atoms with E-state index in [1.165, 1.54) is 0 Å². The van der Waals surface area contributed by atoms with Crippen LogP contribution in [0.3, 0.4) is 0 Å². The standard InChI is InChI=1S/C15H24N2O2/c1-2-19-14-5-3-12(4-6-14)15(18)11-17-9-7-13(16)8-10-17/h3-6,13,15,18H,2,7-11,16H2,1H3. The Hall–Kier alpha value is -1.10. The quantitative estimate of drug-likeness (QED) is 0.847. The third kappa shape index (κ3) is 4.20. The van der Waals surface area contributed by atoms with Crippen molar-refractivity contribution in [3.8, 4) is 5.75 Å². The van der Waals surface area contributed by atoms with Crippen LogP contribution < -0.4 is 10.5 Å². The molecule has 1 saturated heterocycles. The Balaban J connectivity index is 1.86. The molecule has 106 valence electrons. The van der Waals surface area contributed by atoms with Crippen LogP contribution in [-0.2, 0) is 0 Å². The molecule has 0 spiro atoms. The second kappa shape index (κ2) is 6.89. The molecule has 2 rings (SSSR count). The van der Waals surface area contributed by atoms with Crippen LogP contribution in [0.2, 0.25) is 0 Å². The van der Waals surface area contributed by atoms with Crippen LogP contribution in [-0.4, -0.2) is 42.3 Å². The molecule has 1 aliphatic rings. The monoisotopic (exact) mass is 264 g/mol. The minimum atomic E-state index is -0.440. The number of nitrogens with zero attached hydrogens (tertiary/aromatic N) is 1. The number of rotatable bonds is 5. The Morgan fingerprint density at radius 1 is 1.32 bits per heavy atom. The van der Waals surface area contributed by atoms with E-state index in [-0.39, 0.29) is 0 Å². The van der Waals surface area contributed by atoms with Gasteiger partial charge >= 0.3 is 0 Å². The maximum absolute atomic E-state index is 10.2. The first-order valence-electron chi connectivity index (χ1n) is 7.07. The summed E-state index contributed by atoms with van der Waals surface area (Å²) in [6, 6.07) is 8.03. The molecule has 4 nitrogen and oxygen atoms in total. The minimum Gasteiger partial charge on any atom is -0.494 e. The van der Waals surface area contributed by atoms with Crippen LogP contribution in [0.25, 0.3) is 0 Å². The Morgan fingerprint density at radius 3 is 2.53 bits per heavy atom. The van der Waals surface area contributed by atoms with Crippen LogP contribution in [0.5, 0.6) is 5.75 Å². The first-order valence-corrected chi connectivity index (χ1v) is 7.07. The predicted octanol–water partition coefficient (Wildman–Crippen LogP) is 1.54. The van der Waals surface area contributed by atoms with Gasteiger partial charge < -0.3 is 20.5 Å². The molecular weight excluding hydrogens is 240 g/mol. The fraction of sp³-hybridized carbons (Fsp3) is 0.600. The van der Waals surface area contributed by atoms with Gasteiger partial charge in [-0.05, 0) is 50.6 Å². The summed E-state index contributed by atoms with van der Waals surface area (Å²) in [7, 11) is 0. The highest BCUT2D eigenvalue weighted by Crippen LogP contribution is 2.20. The summed E-state index contributed by atoms with van der Waals surface area (Å²) in [5, 5.41) is 10.2. The van der Waals surface area contributed by atoms with E-state index >= 15 is 0 Å². The Kier molecular flexibility index (Phi) is 5.19. The third-order valence-corrected chi connectivity index (χ3v) is 3.64. The van der Waals surface area contributed by atoms with Crippen molar-refractivity contribution in [2.75, 3.05) is 26.2 Å². The molecule has 1 fully saturated rings. The fourth-order valence-corrected chi connectivity index (χ4v) is 2.44. The lowest BCUT2D eigenvalue weighted by Crippen LogP contribution is -2.41. The topological polar surface area (TPSA) is 58.7 Å². The molecule has 1 aromatic carbocycles. The van der Waals surface area contributed by atoms with Crippen molar-refractivity contribution in [2.24, 2.45) is 5.73 Å². The lowest BCUT2D eigenvalue weighted by molar-refractivity contribution is 0.0976. The second-order valence-corrected chi connectivity index (χ2v) is 5.16. The van der Waals surface area contributed by atoms with Crippen LogP contribution in [0.15, 0.2) is 24.3 Å². The summed E-state index contributed by atoms with van der Waals surface area (Å²) in [5.41, 5.74) is 6.82. The zero-order chi connectivity index (χ0) is 13.7. The molecular formula is C15H24N2O2. The van der Waals surface area contributed by atoms with E-state index in [0.717, 1.165) is 37.2 Å². The normalized spacial score (nSPS) is 19.3. The molecule has 0 radical (unpaired) electrons. The van der Waals surface area contributed by atoms with Gasteiger partial charge in [0.05, 0.1) is 12.7 Å². The average Bonchev–Trinajstić information content (AvgIpc) is 2.42. The SMILES string of the molecule is CCOc1ccc(C(O)CN2CCC(N)CC2)cc1. The van der Waals surface area contributed by atoms with Crippen LogP contribution in [0, 0.1) is 0 Å². The molecule has 19 heavy (non-hydrogen) atoms. The maximum Gasteiger partial charge on any atom is 0.119 e. The van der Waals surface area contributed by atoms with Gasteiger partial charge in [0.1, 0.15) is 5.75 Å². The van der Waals surface area contributed by atoms with E-state index in [0.29, 0.717) is 19.2 Å². The molecule has 1 aromatic rings. The van der Waals surface area contributed by atoms with Crippen molar-refractivity contribution in [3.05, 3.63) is 29.8 Å². The van der Waals surface area contributed by atoms with Gasteiger partial charge in [-0.2, -0.15) is 0 Å². The first kappa shape index (κ1) is 14.3. The van der Waals surface area contributed by atoms with Gasteiger partial charge in [0.15, 0.2) is 0 Å².